The summed E-state index contributed by atoms with van der Waals surface area (Å²) in [6.45, 7) is 3.89. The maximum absolute atomic E-state index is 11.2. The molecule has 0 atom stereocenters. The van der Waals surface area contributed by atoms with Crippen molar-refractivity contribution in [1.82, 2.24) is 4.98 Å². The Morgan fingerprint density at radius 2 is 2.41 bits per heavy atom. The van der Waals surface area contributed by atoms with Crippen LogP contribution in [0.25, 0.3) is 0 Å². The number of nitrogens with zero attached hydrogens (tertiary/aromatic N) is 1. The highest BCUT2D eigenvalue weighted by Crippen LogP contribution is 2.17. The van der Waals surface area contributed by atoms with Crippen molar-refractivity contribution in [2.45, 2.75) is 6.92 Å². The molecule has 0 spiro atoms. The SMILES string of the molecule is CCOCCNc1cccnc1NC(=O)CCl. The van der Waals surface area contributed by atoms with Gasteiger partial charge in [-0.05, 0) is 19.1 Å². The topological polar surface area (TPSA) is 63.2 Å². The average molecular weight is 258 g/mol. The van der Waals surface area contributed by atoms with Crippen molar-refractivity contribution in [1.29, 1.82) is 0 Å². The van der Waals surface area contributed by atoms with Gasteiger partial charge in [-0.3, -0.25) is 4.79 Å². The summed E-state index contributed by atoms with van der Waals surface area (Å²) in [6, 6.07) is 3.63. The molecule has 0 aliphatic carbocycles. The van der Waals surface area contributed by atoms with Crippen molar-refractivity contribution in [3.05, 3.63) is 18.3 Å². The van der Waals surface area contributed by atoms with Crippen molar-refractivity contribution in [3.8, 4) is 0 Å². The van der Waals surface area contributed by atoms with E-state index in [4.69, 9.17) is 16.3 Å². The molecule has 5 nitrogen and oxygen atoms in total. The number of carbonyl (C=O) groups excluding carboxylic acids is 1. The van der Waals surface area contributed by atoms with Crippen LogP contribution in [0.5, 0.6) is 0 Å². The van der Waals surface area contributed by atoms with Crippen LogP contribution in [0.4, 0.5) is 11.5 Å². The predicted molar refractivity (Wildman–Crippen MR) is 68.6 cm³/mol. The molecule has 1 amide bonds. The molecule has 1 rings (SSSR count). The average Bonchev–Trinajstić information content (AvgIpc) is 2.36. The molecule has 0 aromatic carbocycles. The van der Waals surface area contributed by atoms with Gasteiger partial charge in [0.05, 0.1) is 12.3 Å². The number of halogens is 1. The highest BCUT2D eigenvalue weighted by molar-refractivity contribution is 6.29. The van der Waals surface area contributed by atoms with Gasteiger partial charge in [0, 0.05) is 19.3 Å². The molecule has 17 heavy (non-hydrogen) atoms. The second-order valence-electron chi connectivity index (χ2n) is 3.21. The molecule has 1 aromatic heterocycles. The first kappa shape index (κ1) is 13.7. The first-order valence-electron chi connectivity index (χ1n) is 5.40. The summed E-state index contributed by atoms with van der Waals surface area (Å²) in [4.78, 5) is 15.2. The summed E-state index contributed by atoms with van der Waals surface area (Å²) in [5.41, 5.74) is 0.755. The number of alkyl halides is 1. The van der Waals surface area contributed by atoms with Crippen molar-refractivity contribution < 1.29 is 9.53 Å². The predicted octanol–water partition coefficient (Wildman–Crippen LogP) is 1.71. The van der Waals surface area contributed by atoms with Crippen LogP contribution in [-0.4, -0.2) is 36.5 Å². The normalized spacial score (nSPS) is 10.0. The fourth-order valence-corrected chi connectivity index (χ4v) is 1.28. The lowest BCUT2D eigenvalue weighted by molar-refractivity contribution is -0.113. The lowest BCUT2D eigenvalue weighted by atomic mass is 10.3. The van der Waals surface area contributed by atoms with Crippen molar-refractivity contribution in [2.75, 3.05) is 36.3 Å². The zero-order valence-corrected chi connectivity index (χ0v) is 10.5. The maximum atomic E-state index is 11.2. The zero-order valence-electron chi connectivity index (χ0n) is 9.70. The van der Waals surface area contributed by atoms with Crippen molar-refractivity contribution in [2.24, 2.45) is 0 Å². The summed E-state index contributed by atoms with van der Waals surface area (Å²) < 4.78 is 5.21. The van der Waals surface area contributed by atoms with E-state index in [9.17, 15) is 4.79 Å². The van der Waals surface area contributed by atoms with Crippen LogP contribution in [0.2, 0.25) is 0 Å². The van der Waals surface area contributed by atoms with Gasteiger partial charge in [-0.2, -0.15) is 0 Å². The van der Waals surface area contributed by atoms with Gasteiger partial charge in [0.15, 0.2) is 5.82 Å². The van der Waals surface area contributed by atoms with Crippen LogP contribution in [-0.2, 0) is 9.53 Å². The monoisotopic (exact) mass is 257 g/mol. The Morgan fingerprint density at radius 3 is 3.12 bits per heavy atom. The first-order valence-corrected chi connectivity index (χ1v) is 5.93. The number of hydrogen-bond donors (Lipinski definition) is 2. The highest BCUT2D eigenvalue weighted by Gasteiger charge is 2.06. The molecule has 1 heterocycles. The van der Waals surface area contributed by atoms with Crippen LogP contribution in [0.15, 0.2) is 18.3 Å². The molecule has 0 saturated heterocycles. The van der Waals surface area contributed by atoms with E-state index < -0.39 is 0 Å². The number of aromatic nitrogens is 1. The van der Waals surface area contributed by atoms with E-state index in [0.29, 0.717) is 25.6 Å². The number of carbonyl (C=O) groups is 1. The Hall–Kier alpha value is -1.33. The minimum Gasteiger partial charge on any atom is -0.380 e. The fraction of sp³-hybridized carbons (Fsp3) is 0.455. The summed E-state index contributed by atoms with van der Waals surface area (Å²) in [6.07, 6.45) is 1.61. The number of rotatable bonds is 7. The van der Waals surface area contributed by atoms with E-state index >= 15 is 0 Å². The van der Waals surface area contributed by atoms with E-state index in [1.807, 2.05) is 13.0 Å². The lowest BCUT2D eigenvalue weighted by Gasteiger charge is -2.11. The Kier molecular flexibility index (Phi) is 6.35. The highest BCUT2D eigenvalue weighted by atomic mass is 35.5. The van der Waals surface area contributed by atoms with Gasteiger partial charge in [0.25, 0.3) is 0 Å². The molecule has 0 fully saturated rings. The molecule has 0 saturated carbocycles. The standard InChI is InChI=1S/C11H16ClN3O2/c1-2-17-7-6-13-9-4-3-5-14-11(9)15-10(16)8-12/h3-5,13H,2,6-8H2,1H3,(H,14,15,16). The number of amides is 1. The Morgan fingerprint density at radius 1 is 1.59 bits per heavy atom. The van der Waals surface area contributed by atoms with Crippen LogP contribution in [0, 0.1) is 0 Å². The second kappa shape index (κ2) is 7.86. The van der Waals surface area contributed by atoms with Crippen LogP contribution >= 0.6 is 11.6 Å². The van der Waals surface area contributed by atoms with E-state index in [1.165, 1.54) is 0 Å². The third-order valence-corrected chi connectivity index (χ3v) is 2.20. The number of nitrogens with one attached hydrogen (secondary N) is 2. The van der Waals surface area contributed by atoms with Crippen molar-refractivity contribution >= 4 is 29.0 Å². The Balaban J connectivity index is 2.54. The molecule has 1 aromatic rings. The number of anilines is 2. The molecule has 94 valence electrons. The molecule has 0 bridgehead atoms. The minimum absolute atomic E-state index is 0.0883. The van der Waals surface area contributed by atoms with E-state index in [2.05, 4.69) is 15.6 Å². The van der Waals surface area contributed by atoms with E-state index in [0.717, 1.165) is 5.69 Å². The molecular weight excluding hydrogens is 242 g/mol. The van der Waals surface area contributed by atoms with Gasteiger partial charge in [-0.25, -0.2) is 4.98 Å². The molecule has 2 N–H and O–H groups in total. The molecule has 0 radical (unpaired) electrons. The Labute approximate surface area is 106 Å². The Bertz CT molecular complexity index is 360. The van der Waals surface area contributed by atoms with Gasteiger partial charge in [0.2, 0.25) is 5.91 Å². The summed E-state index contributed by atoms with van der Waals surface area (Å²) >= 11 is 5.42. The quantitative estimate of drug-likeness (QED) is 0.577. The van der Waals surface area contributed by atoms with Gasteiger partial charge in [-0.1, -0.05) is 0 Å². The summed E-state index contributed by atoms with van der Waals surface area (Å²) in [5, 5.41) is 5.75. The fourth-order valence-electron chi connectivity index (χ4n) is 1.22. The third kappa shape index (κ3) is 5.01. The zero-order chi connectivity index (χ0) is 12.5. The van der Waals surface area contributed by atoms with E-state index in [1.54, 1.807) is 12.3 Å². The second-order valence-corrected chi connectivity index (χ2v) is 3.47. The lowest BCUT2D eigenvalue weighted by Crippen LogP contribution is -2.16. The molecule has 0 unspecified atom stereocenters. The minimum atomic E-state index is -0.279. The van der Waals surface area contributed by atoms with Crippen LogP contribution < -0.4 is 10.6 Å². The number of pyridine rings is 1. The van der Waals surface area contributed by atoms with Gasteiger partial charge < -0.3 is 15.4 Å². The van der Waals surface area contributed by atoms with Gasteiger partial charge >= 0.3 is 0 Å². The molecule has 6 heteroatoms. The van der Waals surface area contributed by atoms with Gasteiger partial charge in [0.1, 0.15) is 5.88 Å². The maximum Gasteiger partial charge on any atom is 0.240 e. The van der Waals surface area contributed by atoms with E-state index in [-0.39, 0.29) is 11.8 Å². The molecule has 0 aliphatic heterocycles. The summed E-state index contributed by atoms with van der Waals surface area (Å²) in [5.74, 6) is 0.113. The summed E-state index contributed by atoms with van der Waals surface area (Å²) in [7, 11) is 0. The van der Waals surface area contributed by atoms with Crippen LogP contribution in [0.3, 0.4) is 0 Å². The van der Waals surface area contributed by atoms with Crippen molar-refractivity contribution in [3.63, 3.8) is 0 Å². The molecular formula is C11H16ClN3O2. The number of hydrogen-bond acceptors (Lipinski definition) is 4. The van der Waals surface area contributed by atoms with Gasteiger partial charge in [-0.15, -0.1) is 11.6 Å². The third-order valence-electron chi connectivity index (χ3n) is 1.95. The smallest absolute Gasteiger partial charge is 0.240 e. The first-order chi connectivity index (χ1) is 8.27. The molecule has 0 aliphatic rings. The number of ether oxygens (including phenoxy) is 1. The van der Waals surface area contributed by atoms with Crippen LogP contribution in [0.1, 0.15) is 6.92 Å². The largest absolute Gasteiger partial charge is 0.380 e.